The van der Waals surface area contributed by atoms with E-state index in [9.17, 15) is 19.0 Å². The largest absolute Gasteiger partial charge is 0.756 e. The fourth-order valence-electron chi connectivity index (χ4n) is 6.74. The first-order valence-corrected chi connectivity index (χ1v) is 25.9. The van der Waals surface area contributed by atoms with Crippen LogP contribution in [0.5, 0.6) is 0 Å². The first-order valence-electron chi connectivity index (χ1n) is 24.5. The van der Waals surface area contributed by atoms with Crippen molar-refractivity contribution < 1.29 is 46.8 Å². The Labute approximate surface area is 373 Å². The van der Waals surface area contributed by atoms with E-state index in [0.717, 1.165) is 51.4 Å². The summed E-state index contributed by atoms with van der Waals surface area (Å²) in [5.74, 6) is -0.907. The molecule has 3 unspecified atom stereocenters. The molecule has 1 heterocycles. The van der Waals surface area contributed by atoms with Crippen LogP contribution in [0.4, 0.5) is 0 Å². The van der Waals surface area contributed by atoms with Gasteiger partial charge in [-0.2, -0.15) is 0 Å². The third-order valence-corrected chi connectivity index (χ3v) is 11.7. The molecule has 0 bridgehead atoms. The van der Waals surface area contributed by atoms with Crippen LogP contribution in [0.25, 0.3) is 0 Å². The molecule has 1 rings (SSSR count). The molecular weight excluding hydrogens is 790 g/mol. The minimum Gasteiger partial charge on any atom is -0.756 e. The van der Waals surface area contributed by atoms with Gasteiger partial charge in [0.2, 0.25) is 0 Å². The summed E-state index contributed by atoms with van der Waals surface area (Å²) in [4.78, 5) is 37.7. The van der Waals surface area contributed by atoms with Crippen LogP contribution in [0.15, 0.2) is 48.6 Å². The Morgan fingerprint density at radius 3 is 1.66 bits per heavy atom. The van der Waals surface area contributed by atoms with Crippen LogP contribution in [-0.2, 0) is 37.4 Å². The van der Waals surface area contributed by atoms with E-state index >= 15 is 0 Å². The number of rotatable bonds is 43. The number of unbranched alkanes of at least 4 members (excludes halogenated alkanes) is 19. The van der Waals surface area contributed by atoms with E-state index in [0.29, 0.717) is 36.1 Å². The molecule has 10 nitrogen and oxygen atoms in total. The number of phosphoric ester groups is 1. The minimum atomic E-state index is -4.65. The number of phosphoric acid groups is 1. The van der Waals surface area contributed by atoms with Crippen LogP contribution in [-0.4, -0.2) is 82.2 Å². The Kier molecular flexibility index (Phi) is 35.8. The summed E-state index contributed by atoms with van der Waals surface area (Å²) in [5, 5.41) is 0. The van der Waals surface area contributed by atoms with E-state index in [1.54, 1.807) is 0 Å². The van der Waals surface area contributed by atoms with Crippen LogP contribution in [0.1, 0.15) is 194 Å². The van der Waals surface area contributed by atoms with E-state index in [2.05, 4.69) is 62.5 Å². The molecule has 61 heavy (non-hydrogen) atoms. The number of nitrogens with zero attached hydrogens (tertiary/aromatic N) is 1. The van der Waals surface area contributed by atoms with E-state index < -0.39 is 32.5 Å². The normalized spacial score (nSPS) is 17.2. The lowest BCUT2D eigenvalue weighted by Gasteiger charge is -2.28. The van der Waals surface area contributed by atoms with Gasteiger partial charge in [-0.25, -0.2) is 0 Å². The van der Waals surface area contributed by atoms with Crippen molar-refractivity contribution in [3.05, 3.63) is 48.6 Å². The monoisotopic (exact) mass is 880 g/mol. The molecule has 354 valence electrons. The van der Waals surface area contributed by atoms with Gasteiger partial charge in [0.15, 0.2) is 6.10 Å². The maximum absolute atomic E-state index is 12.7. The molecule has 0 amide bonds. The molecule has 0 N–H and O–H groups in total. The first kappa shape index (κ1) is 56.9. The zero-order valence-electron chi connectivity index (χ0n) is 39.5. The van der Waals surface area contributed by atoms with Crippen molar-refractivity contribution in [1.29, 1.82) is 0 Å². The van der Waals surface area contributed by atoms with E-state index in [1.807, 2.05) is 21.1 Å². The molecule has 0 aromatic carbocycles. The lowest BCUT2D eigenvalue weighted by molar-refractivity contribution is -0.870. The number of hydrogen-bond acceptors (Lipinski definition) is 9. The highest BCUT2D eigenvalue weighted by Crippen LogP contribution is 2.38. The number of ether oxygens (including phenoxy) is 3. The average molecular weight is 880 g/mol. The van der Waals surface area contributed by atoms with Gasteiger partial charge in [0.05, 0.1) is 40.0 Å². The number of epoxide rings is 1. The van der Waals surface area contributed by atoms with E-state index in [-0.39, 0.29) is 26.1 Å². The van der Waals surface area contributed by atoms with Crippen LogP contribution in [0, 0.1) is 0 Å². The highest BCUT2D eigenvalue weighted by atomic mass is 31.2. The van der Waals surface area contributed by atoms with Gasteiger partial charge in [0, 0.05) is 12.8 Å². The van der Waals surface area contributed by atoms with Gasteiger partial charge in [-0.05, 0) is 77.0 Å². The quantitative estimate of drug-likeness (QED) is 0.0147. The summed E-state index contributed by atoms with van der Waals surface area (Å²) < 4.78 is 39.7. The number of likely N-dealkylation sites (N-methyl/N-ethyl adjacent to an activating group) is 1. The fourth-order valence-corrected chi connectivity index (χ4v) is 7.47. The summed E-state index contributed by atoms with van der Waals surface area (Å²) in [7, 11) is 1.13. The lowest BCUT2D eigenvalue weighted by atomic mass is 10.1. The second kappa shape index (κ2) is 38.4. The Morgan fingerprint density at radius 1 is 0.590 bits per heavy atom. The molecular formula is C50H90NO9P. The summed E-state index contributed by atoms with van der Waals surface area (Å²) in [6, 6.07) is 0. The molecule has 0 aromatic rings. The molecule has 4 atom stereocenters. The Balaban J connectivity index is 2.27. The zero-order chi connectivity index (χ0) is 44.7. The van der Waals surface area contributed by atoms with E-state index in [1.165, 1.54) is 103 Å². The summed E-state index contributed by atoms with van der Waals surface area (Å²) in [5.41, 5.74) is 0. The molecule has 11 heteroatoms. The number of carbonyl (C=O) groups excluding carboxylic acids is 2. The number of carbonyl (C=O) groups is 2. The maximum atomic E-state index is 12.7. The average Bonchev–Trinajstić information content (AvgIpc) is 3.97. The highest BCUT2D eigenvalue weighted by Gasteiger charge is 2.36. The second-order valence-electron chi connectivity index (χ2n) is 17.9. The minimum absolute atomic E-state index is 0.0430. The van der Waals surface area contributed by atoms with Gasteiger partial charge in [-0.1, -0.05) is 152 Å². The fraction of sp³-hybridized carbons (Fsp3) is 0.800. The molecule has 0 spiro atoms. The third-order valence-electron chi connectivity index (χ3n) is 10.7. The number of allylic oxidation sites excluding steroid dienone is 6. The summed E-state index contributed by atoms with van der Waals surface area (Å²) in [6.45, 7) is 4.13. The van der Waals surface area contributed by atoms with Crippen molar-refractivity contribution in [1.82, 2.24) is 0 Å². The van der Waals surface area contributed by atoms with Crippen LogP contribution >= 0.6 is 7.82 Å². The Morgan fingerprint density at radius 2 is 1.05 bits per heavy atom. The number of hydrogen-bond donors (Lipinski definition) is 0. The van der Waals surface area contributed by atoms with Gasteiger partial charge in [0.1, 0.15) is 19.8 Å². The maximum Gasteiger partial charge on any atom is 0.306 e. The first-order chi connectivity index (χ1) is 29.5. The van der Waals surface area contributed by atoms with Crippen molar-refractivity contribution in [3.8, 4) is 0 Å². The van der Waals surface area contributed by atoms with Crippen molar-refractivity contribution in [2.45, 2.75) is 212 Å². The molecule has 1 aliphatic heterocycles. The molecule has 1 aliphatic rings. The standard InChI is InChI=1S/C50H90NO9P/c1-6-8-10-12-14-15-16-17-18-19-20-21-22-23-24-25-28-33-37-41-50(53)59-46(45-58-61(54,55)57-43-42-51(3,4)5)44-56-49(52)40-36-32-29-26-27-31-35-39-48-47(60-48)38-34-30-13-11-9-7-2/h17-18,26,29-31,34-35,46-48H,6-16,19-25,27-28,32-33,36-45H2,1-5H3/b18-17-,29-26-,34-30-,35-31-/t46-,47?,48?/m1/s1. The lowest BCUT2D eigenvalue weighted by Crippen LogP contribution is -2.37. The van der Waals surface area contributed by atoms with Gasteiger partial charge in [0.25, 0.3) is 7.82 Å². The topological polar surface area (TPSA) is 124 Å². The molecule has 1 saturated heterocycles. The smallest absolute Gasteiger partial charge is 0.306 e. The summed E-state index contributed by atoms with van der Waals surface area (Å²) >= 11 is 0. The van der Waals surface area contributed by atoms with Gasteiger partial charge < -0.3 is 32.6 Å². The predicted molar refractivity (Wildman–Crippen MR) is 249 cm³/mol. The predicted octanol–water partition coefficient (Wildman–Crippen LogP) is 12.6. The van der Waals surface area contributed by atoms with Crippen molar-refractivity contribution in [2.75, 3.05) is 47.5 Å². The third kappa shape index (κ3) is 39.3. The molecule has 1 fully saturated rings. The molecule has 0 saturated carbocycles. The van der Waals surface area contributed by atoms with Crippen molar-refractivity contribution in [3.63, 3.8) is 0 Å². The number of quaternary nitrogens is 1. The van der Waals surface area contributed by atoms with E-state index in [4.69, 9.17) is 23.3 Å². The van der Waals surface area contributed by atoms with Gasteiger partial charge >= 0.3 is 11.9 Å². The summed E-state index contributed by atoms with van der Waals surface area (Å²) in [6.07, 6.45) is 47.4. The van der Waals surface area contributed by atoms with Crippen molar-refractivity contribution in [2.24, 2.45) is 0 Å². The van der Waals surface area contributed by atoms with Crippen LogP contribution in [0.3, 0.4) is 0 Å². The van der Waals surface area contributed by atoms with Crippen molar-refractivity contribution >= 4 is 19.8 Å². The highest BCUT2D eigenvalue weighted by molar-refractivity contribution is 7.45. The molecule has 0 aromatic heterocycles. The number of esters is 2. The SMILES string of the molecule is CCCCC/C=C\CC1OC1C/C=C\C/C=C\CCCC(=O)OC[C@H](COP(=O)([O-])OCC[N+](C)(C)C)OC(=O)CCCCCCCCCCC/C=C\CCCCCCCC. The Hall–Kier alpha value is -2.07. The van der Waals surface area contributed by atoms with Crippen LogP contribution in [0.2, 0.25) is 0 Å². The molecule has 0 radical (unpaired) electrons. The van der Waals surface area contributed by atoms with Crippen LogP contribution < -0.4 is 4.89 Å². The Bertz CT molecular complexity index is 1240. The second-order valence-corrected chi connectivity index (χ2v) is 19.3. The molecule has 0 aliphatic carbocycles. The van der Waals surface area contributed by atoms with Gasteiger partial charge in [-0.15, -0.1) is 0 Å². The van der Waals surface area contributed by atoms with Gasteiger partial charge in [-0.3, -0.25) is 14.2 Å². The zero-order valence-corrected chi connectivity index (χ0v) is 40.4.